The molecule has 0 aliphatic heterocycles. The van der Waals surface area contributed by atoms with Crippen LogP contribution in [0.25, 0.3) is 0 Å². The maximum absolute atomic E-state index is 12.1. The molecule has 0 saturated carbocycles. The minimum Gasteiger partial charge on any atom is -0.491 e. The molecule has 2 aromatic carbocycles. The zero-order valence-corrected chi connectivity index (χ0v) is 14.3. The van der Waals surface area contributed by atoms with Crippen molar-refractivity contribution in [1.29, 1.82) is 0 Å². The molecular weight excluding hydrogens is 377 g/mol. The van der Waals surface area contributed by atoms with Crippen LogP contribution in [0.1, 0.15) is 22.8 Å². The molecule has 110 valence electrons. The largest absolute Gasteiger partial charge is 0.491 e. The lowest BCUT2D eigenvalue weighted by Crippen LogP contribution is -2.36. The summed E-state index contributed by atoms with van der Waals surface area (Å²) in [6, 6.07) is 15.3. The number of ether oxygens (including phenoxy) is 1. The van der Waals surface area contributed by atoms with Gasteiger partial charge in [-0.3, -0.25) is 4.79 Å². The maximum atomic E-state index is 12.1. The third-order valence-electron chi connectivity index (χ3n) is 3.07. The minimum atomic E-state index is -0.0766. The lowest BCUT2D eigenvalue weighted by Gasteiger charge is -2.16. The summed E-state index contributed by atoms with van der Waals surface area (Å²) in [5, 5.41) is 2.94. The van der Waals surface area contributed by atoms with Crippen molar-refractivity contribution in [3.8, 4) is 5.75 Å². The van der Waals surface area contributed by atoms with Crippen LogP contribution < -0.4 is 10.1 Å². The highest BCUT2D eigenvalue weighted by Crippen LogP contribution is 2.16. The van der Waals surface area contributed by atoms with E-state index in [-0.39, 0.29) is 11.9 Å². The van der Waals surface area contributed by atoms with Gasteiger partial charge in [0.25, 0.3) is 5.91 Å². The van der Waals surface area contributed by atoms with Gasteiger partial charge in [0.05, 0.1) is 6.04 Å². The van der Waals surface area contributed by atoms with Gasteiger partial charge in [0, 0.05) is 9.13 Å². The van der Waals surface area contributed by atoms with E-state index in [0.29, 0.717) is 12.2 Å². The van der Waals surface area contributed by atoms with E-state index in [9.17, 15) is 4.79 Å². The maximum Gasteiger partial charge on any atom is 0.251 e. The van der Waals surface area contributed by atoms with Crippen LogP contribution in [0.5, 0.6) is 5.75 Å². The summed E-state index contributed by atoms with van der Waals surface area (Å²) >= 11 is 2.22. The number of nitrogens with one attached hydrogen (secondary N) is 1. The topological polar surface area (TPSA) is 38.3 Å². The standard InChI is InChI=1S/C17H18INO2/c1-12-5-3-4-6-16(12)21-11-13(2)19-17(20)14-7-9-15(18)10-8-14/h3-10,13H,11H2,1-2H3,(H,19,20). The summed E-state index contributed by atoms with van der Waals surface area (Å²) in [5.74, 6) is 0.778. The quantitative estimate of drug-likeness (QED) is 0.783. The van der Waals surface area contributed by atoms with Crippen molar-refractivity contribution in [3.05, 3.63) is 63.2 Å². The van der Waals surface area contributed by atoms with E-state index in [0.717, 1.165) is 14.9 Å². The van der Waals surface area contributed by atoms with Crippen LogP contribution in [0.2, 0.25) is 0 Å². The molecule has 0 bridgehead atoms. The molecule has 1 atom stereocenters. The Morgan fingerprint density at radius 1 is 1.19 bits per heavy atom. The Morgan fingerprint density at radius 2 is 1.86 bits per heavy atom. The second-order valence-electron chi connectivity index (χ2n) is 4.96. The number of halogens is 1. The van der Waals surface area contributed by atoms with Crippen molar-refractivity contribution in [3.63, 3.8) is 0 Å². The fraction of sp³-hybridized carbons (Fsp3) is 0.235. The van der Waals surface area contributed by atoms with Crippen LogP contribution in [0.3, 0.4) is 0 Å². The summed E-state index contributed by atoms with van der Waals surface area (Å²) in [6.45, 7) is 4.38. The number of aryl methyl sites for hydroxylation is 1. The SMILES string of the molecule is Cc1ccccc1OCC(C)NC(=O)c1ccc(I)cc1. The molecular formula is C17H18INO2. The van der Waals surface area contributed by atoms with Crippen molar-refractivity contribution in [1.82, 2.24) is 5.32 Å². The first-order chi connectivity index (χ1) is 10.1. The number of hydrogen-bond acceptors (Lipinski definition) is 2. The third kappa shape index (κ3) is 4.74. The van der Waals surface area contributed by atoms with Gasteiger partial charge in [-0.2, -0.15) is 0 Å². The van der Waals surface area contributed by atoms with Crippen LogP contribution in [-0.4, -0.2) is 18.6 Å². The first kappa shape index (κ1) is 15.8. The average Bonchev–Trinajstić information content (AvgIpc) is 2.47. The third-order valence-corrected chi connectivity index (χ3v) is 3.79. The van der Waals surface area contributed by atoms with E-state index in [1.54, 1.807) is 0 Å². The molecule has 0 spiro atoms. The molecule has 0 heterocycles. The lowest BCUT2D eigenvalue weighted by molar-refractivity contribution is 0.0926. The van der Waals surface area contributed by atoms with Gasteiger partial charge < -0.3 is 10.1 Å². The molecule has 4 heteroatoms. The Bertz CT molecular complexity index is 610. The van der Waals surface area contributed by atoms with E-state index in [4.69, 9.17) is 4.74 Å². The van der Waals surface area contributed by atoms with E-state index < -0.39 is 0 Å². The molecule has 0 aromatic heterocycles. The van der Waals surface area contributed by atoms with Crippen LogP contribution in [0, 0.1) is 10.5 Å². The summed E-state index contributed by atoms with van der Waals surface area (Å²) < 4.78 is 6.85. The number of hydrogen-bond donors (Lipinski definition) is 1. The van der Waals surface area contributed by atoms with E-state index >= 15 is 0 Å². The second kappa shape index (κ2) is 7.45. The Kier molecular flexibility index (Phi) is 5.61. The molecule has 21 heavy (non-hydrogen) atoms. The summed E-state index contributed by atoms with van der Waals surface area (Å²) in [7, 11) is 0. The average molecular weight is 395 g/mol. The van der Waals surface area contributed by atoms with E-state index in [1.807, 2.05) is 62.4 Å². The van der Waals surface area contributed by atoms with Crippen LogP contribution in [0.15, 0.2) is 48.5 Å². The zero-order chi connectivity index (χ0) is 15.2. The lowest BCUT2D eigenvalue weighted by atomic mass is 10.2. The zero-order valence-electron chi connectivity index (χ0n) is 12.1. The molecule has 0 saturated heterocycles. The molecule has 2 aromatic rings. The van der Waals surface area contributed by atoms with Gasteiger partial charge >= 0.3 is 0 Å². The van der Waals surface area contributed by atoms with Crippen LogP contribution in [0.4, 0.5) is 0 Å². The van der Waals surface area contributed by atoms with Gasteiger partial charge in [0.2, 0.25) is 0 Å². The predicted molar refractivity (Wildman–Crippen MR) is 92.8 cm³/mol. The number of rotatable bonds is 5. The van der Waals surface area contributed by atoms with Crippen molar-refractivity contribution in [2.75, 3.05) is 6.61 Å². The molecule has 0 radical (unpaired) electrons. The van der Waals surface area contributed by atoms with Gasteiger partial charge in [-0.05, 0) is 72.3 Å². The van der Waals surface area contributed by atoms with Crippen molar-refractivity contribution >= 4 is 28.5 Å². The molecule has 3 nitrogen and oxygen atoms in total. The van der Waals surface area contributed by atoms with Gasteiger partial charge in [0.1, 0.15) is 12.4 Å². The summed E-state index contributed by atoms with van der Waals surface area (Å²) in [5.41, 5.74) is 1.76. The smallest absolute Gasteiger partial charge is 0.251 e. The molecule has 2 rings (SSSR count). The Balaban J connectivity index is 1.87. The second-order valence-corrected chi connectivity index (χ2v) is 6.20. The number of carbonyl (C=O) groups excluding carboxylic acids is 1. The highest BCUT2D eigenvalue weighted by molar-refractivity contribution is 14.1. The Hall–Kier alpha value is -1.56. The number of para-hydroxylation sites is 1. The molecule has 0 fully saturated rings. The first-order valence-corrected chi connectivity index (χ1v) is 7.89. The number of benzene rings is 2. The fourth-order valence-corrected chi connectivity index (χ4v) is 2.24. The molecule has 0 aliphatic rings. The normalized spacial score (nSPS) is 11.8. The van der Waals surface area contributed by atoms with Gasteiger partial charge in [0.15, 0.2) is 0 Å². The molecule has 1 N–H and O–H groups in total. The number of amides is 1. The van der Waals surface area contributed by atoms with Gasteiger partial charge in [-0.1, -0.05) is 18.2 Å². The Morgan fingerprint density at radius 3 is 2.52 bits per heavy atom. The minimum absolute atomic E-state index is 0.0589. The van der Waals surface area contributed by atoms with Crippen molar-refractivity contribution < 1.29 is 9.53 Å². The summed E-state index contributed by atoms with van der Waals surface area (Å²) in [6.07, 6.45) is 0. The van der Waals surface area contributed by atoms with Gasteiger partial charge in [-0.25, -0.2) is 0 Å². The van der Waals surface area contributed by atoms with E-state index in [2.05, 4.69) is 27.9 Å². The first-order valence-electron chi connectivity index (χ1n) is 6.81. The highest BCUT2D eigenvalue weighted by atomic mass is 127. The molecule has 1 unspecified atom stereocenters. The predicted octanol–water partition coefficient (Wildman–Crippen LogP) is 3.80. The molecule has 1 amide bonds. The summed E-state index contributed by atoms with van der Waals surface area (Å²) in [4.78, 5) is 12.1. The number of carbonyl (C=O) groups is 1. The fourth-order valence-electron chi connectivity index (χ4n) is 1.88. The van der Waals surface area contributed by atoms with Crippen LogP contribution >= 0.6 is 22.6 Å². The molecule has 0 aliphatic carbocycles. The highest BCUT2D eigenvalue weighted by Gasteiger charge is 2.10. The van der Waals surface area contributed by atoms with Crippen LogP contribution in [-0.2, 0) is 0 Å². The monoisotopic (exact) mass is 395 g/mol. The van der Waals surface area contributed by atoms with Crippen molar-refractivity contribution in [2.24, 2.45) is 0 Å². The Labute approximate surface area is 138 Å². The van der Waals surface area contributed by atoms with Crippen molar-refractivity contribution in [2.45, 2.75) is 19.9 Å². The van der Waals surface area contributed by atoms with E-state index in [1.165, 1.54) is 0 Å². The van der Waals surface area contributed by atoms with Gasteiger partial charge in [-0.15, -0.1) is 0 Å².